The summed E-state index contributed by atoms with van der Waals surface area (Å²) in [6.45, 7) is 3.87. The first kappa shape index (κ1) is 22.2. The molecule has 0 atom stereocenters. The first-order chi connectivity index (χ1) is 15.8. The fraction of sp³-hybridized carbons (Fsp3) is 0.120. The highest BCUT2D eigenvalue weighted by atomic mass is 35.5. The topological polar surface area (TPSA) is 92.6 Å². The molecule has 0 aliphatic carbocycles. The summed E-state index contributed by atoms with van der Waals surface area (Å²) in [7, 11) is 0. The number of rotatable bonds is 6. The Kier molecular flexibility index (Phi) is 5.98. The minimum atomic E-state index is -0.516. The summed E-state index contributed by atoms with van der Waals surface area (Å²) in [6, 6.07) is 18.4. The van der Waals surface area contributed by atoms with E-state index in [2.05, 4.69) is 5.32 Å². The summed E-state index contributed by atoms with van der Waals surface area (Å²) in [6.07, 6.45) is 0. The summed E-state index contributed by atoms with van der Waals surface area (Å²) >= 11 is 6.23. The van der Waals surface area contributed by atoms with Crippen molar-refractivity contribution in [1.29, 1.82) is 0 Å². The Morgan fingerprint density at radius 2 is 1.61 bits per heavy atom. The maximum Gasteiger partial charge on any atom is 0.278 e. The number of halogens is 1. The van der Waals surface area contributed by atoms with Gasteiger partial charge >= 0.3 is 0 Å². The van der Waals surface area contributed by atoms with E-state index in [0.717, 1.165) is 16.7 Å². The van der Waals surface area contributed by atoms with Crippen molar-refractivity contribution in [2.24, 2.45) is 0 Å². The van der Waals surface area contributed by atoms with Crippen molar-refractivity contribution in [2.45, 2.75) is 20.4 Å². The van der Waals surface area contributed by atoms with E-state index < -0.39 is 16.7 Å². The maximum atomic E-state index is 13.4. The molecule has 0 radical (unpaired) electrons. The van der Waals surface area contributed by atoms with Crippen LogP contribution in [0.15, 0.2) is 72.4 Å². The number of nitro benzene ring substituents is 1. The van der Waals surface area contributed by atoms with Gasteiger partial charge in [-0.1, -0.05) is 47.5 Å². The number of imide groups is 1. The smallest absolute Gasteiger partial charge is 0.278 e. The van der Waals surface area contributed by atoms with Gasteiger partial charge in [0.05, 0.1) is 17.0 Å². The number of aryl methyl sites for hydroxylation is 1. The largest absolute Gasteiger partial charge is 0.350 e. The SMILES string of the molecule is Cc1ccc(CN2C(=O)C(Nc3cccc(Cl)c3C)=C(c3ccc([N+](=O)[O-])cc3)C2=O)cc1. The van der Waals surface area contributed by atoms with Gasteiger partial charge in [-0.2, -0.15) is 0 Å². The number of hydrogen-bond acceptors (Lipinski definition) is 5. The molecule has 0 bridgehead atoms. The number of non-ortho nitro benzene ring substituents is 1. The van der Waals surface area contributed by atoms with Crippen LogP contribution in [0, 0.1) is 24.0 Å². The number of anilines is 1. The van der Waals surface area contributed by atoms with Crippen LogP contribution in [-0.2, 0) is 16.1 Å². The molecule has 3 aromatic rings. The van der Waals surface area contributed by atoms with Crippen molar-refractivity contribution < 1.29 is 14.5 Å². The van der Waals surface area contributed by atoms with Crippen LogP contribution in [0.1, 0.15) is 22.3 Å². The van der Waals surface area contributed by atoms with Gasteiger partial charge in [0.15, 0.2) is 0 Å². The minimum absolute atomic E-state index is 0.103. The van der Waals surface area contributed by atoms with Gasteiger partial charge in [0.2, 0.25) is 0 Å². The lowest BCUT2D eigenvalue weighted by molar-refractivity contribution is -0.384. The van der Waals surface area contributed by atoms with Crippen LogP contribution >= 0.6 is 11.6 Å². The van der Waals surface area contributed by atoms with Crippen LogP contribution in [-0.4, -0.2) is 21.6 Å². The van der Waals surface area contributed by atoms with Gasteiger partial charge in [-0.05, 0) is 54.8 Å². The third kappa shape index (κ3) is 4.36. The molecule has 0 spiro atoms. The second-order valence-corrected chi connectivity index (χ2v) is 8.18. The number of amides is 2. The van der Waals surface area contributed by atoms with E-state index in [9.17, 15) is 19.7 Å². The monoisotopic (exact) mass is 461 g/mol. The Hall–Kier alpha value is -3.97. The molecule has 0 saturated carbocycles. The molecule has 0 saturated heterocycles. The van der Waals surface area contributed by atoms with Crippen LogP contribution < -0.4 is 5.32 Å². The van der Waals surface area contributed by atoms with Gasteiger partial charge in [0, 0.05) is 22.8 Å². The molecular formula is C25H20ClN3O4. The molecule has 0 aromatic heterocycles. The summed E-state index contributed by atoms with van der Waals surface area (Å²) in [5.41, 5.74) is 3.77. The van der Waals surface area contributed by atoms with E-state index in [-0.39, 0.29) is 23.5 Å². The zero-order valence-corrected chi connectivity index (χ0v) is 18.7. The summed E-state index contributed by atoms with van der Waals surface area (Å²) in [5.74, 6) is -0.954. The number of nitrogens with one attached hydrogen (secondary N) is 1. The lowest BCUT2D eigenvalue weighted by Crippen LogP contribution is -2.32. The first-order valence-corrected chi connectivity index (χ1v) is 10.6. The highest BCUT2D eigenvalue weighted by Crippen LogP contribution is 2.34. The summed E-state index contributed by atoms with van der Waals surface area (Å²) in [5, 5.41) is 14.7. The average Bonchev–Trinajstić information content (AvgIpc) is 3.02. The van der Waals surface area contributed by atoms with Crippen molar-refractivity contribution in [3.05, 3.63) is 110 Å². The Morgan fingerprint density at radius 1 is 0.939 bits per heavy atom. The summed E-state index contributed by atoms with van der Waals surface area (Å²) < 4.78 is 0. The second-order valence-electron chi connectivity index (χ2n) is 7.77. The number of nitro groups is 1. The molecule has 3 aromatic carbocycles. The van der Waals surface area contributed by atoms with E-state index in [1.54, 1.807) is 18.2 Å². The van der Waals surface area contributed by atoms with Gasteiger partial charge in [-0.15, -0.1) is 0 Å². The third-order valence-electron chi connectivity index (χ3n) is 5.52. The van der Waals surface area contributed by atoms with Gasteiger partial charge in [-0.25, -0.2) is 0 Å². The third-order valence-corrected chi connectivity index (χ3v) is 5.93. The van der Waals surface area contributed by atoms with E-state index in [0.29, 0.717) is 16.3 Å². The molecule has 4 rings (SSSR count). The predicted molar refractivity (Wildman–Crippen MR) is 127 cm³/mol. The van der Waals surface area contributed by atoms with Crippen LogP contribution in [0.4, 0.5) is 11.4 Å². The quantitative estimate of drug-likeness (QED) is 0.307. The van der Waals surface area contributed by atoms with Crippen molar-refractivity contribution in [3.8, 4) is 0 Å². The van der Waals surface area contributed by atoms with Gasteiger partial charge < -0.3 is 5.32 Å². The zero-order valence-electron chi connectivity index (χ0n) is 18.0. The minimum Gasteiger partial charge on any atom is -0.350 e. The molecule has 0 fully saturated rings. The molecule has 166 valence electrons. The van der Waals surface area contributed by atoms with Crippen LogP contribution in [0.3, 0.4) is 0 Å². The van der Waals surface area contributed by atoms with Gasteiger partial charge in [0.1, 0.15) is 5.70 Å². The molecule has 7 nitrogen and oxygen atoms in total. The highest BCUT2D eigenvalue weighted by molar-refractivity contribution is 6.36. The van der Waals surface area contributed by atoms with Gasteiger partial charge in [0.25, 0.3) is 17.5 Å². The first-order valence-electron chi connectivity index (χ1n) is 10.2. The van der Waals surface area contributed by atoms with Crippen LogP contribution in [0.5, 0.6) is 0 Å². The van der Waals surface area contributed by atoms with E-state index in [1.807, 2.05) is 38.1 Å². The zero-order chi connectivity index (χ0) is 23.7. The number of nitrogens with zero attached hydrogens (tertiary/aromatic N) is 2. The Morgan fingerprint density at radius 3 is 2.24 bits per heavy atom. The van der Waals surface area contributed by atoms with E-state index >= 15 is 0 Å². The molecule has 1 heterocycles. The Labute approximate surface area is 195 Å². The van der Waals surface area contributed by atoms with Crippen molar-refractivity contribution in [3.63, 3.8) is 0 Å². The second kappa shape index (κ2) is 8.88. The molecular weight excluding hydrogens is 442 g/mol. The highest BCUT2D eigenvalue weighted by Gasteiger charge is 2.39. The summed E-state index contributed by atoms with van der Waals surface area (Å²) in [4.78, 5) is 38.5. The molecule has 33 heavy (non-hydrogen) atoms. The van der Waals surface area contributed by atoms with Gasteiger partial charge in [-0.3, -0.25) is 24.6 Å². The molecule has 1 N–H and O–H groups in total. The van der Waals surface area contributed by atoms with Crippen molar-refractivity contribution in [1.82, 2.24) is 4.90 Å². The van der Waals surface area contributed by atoms with Crippen molar-refractivity contribution >= 4 is 40.4 Å². The Balaban J connectivity index is 1.77. The fourth-order valence-corrected chi connectivity index (χ4v) is 3.78. The van der Waals surface area contributed by atoms with E-state index in [4.69, 9.17) is 11.6 Å². The predicted octanol–water partition coefficient (Wildman–Crippen LogP) is 5.26. The standard InChI is InChI=1S/C25H20ClN3O4/c1-15-6-8-17(9-7-15)14-28-24(30)22(18-10-12-19(13-11-18)29(32)33)23(25(28)31)27-21-5-3-4-20(26)16(21)2/h3-13,27H,14H2,1-2H3. The number of carbonyl (C=O) groups excluding carboxylic acids is 2. The van der Waals surface area contributed by atoms with Crippen molar-refractivity contribution in [2.75, 3.05) is 5.32 Å². The Bertz CT molecular complexity index is 1300. The number of hydrogen-bond donors (Lipinski definition) is 1. The lowest BCUT2D eigenvalue weighted by atomic mass is 10.0. The van der Waals surface area contributed by atoms with Crippen LogP contribution in [0.2, 0.25) is 5.02 Å². The lowest BCUT2D eigenvalue weighted by Gasteiger charge is -2.16. The molecule has 2 amide bonds. The van der Waals surface area contributed by atoms with Crippen LogP contribution in [0.25, 0.3) is 5.57 Å². The molecule has 8 heteroatoms. The fourth-order valence-electron chi connectivity index (χ4n) is 3.61. The van der Waals surface area contributed by atoms with E-state index in [1.165, 1.54) is 29.2 Å². The molecule has 0 unspecified atom stereocenters. The molecule has 1 aliphatic rings. The number of benzene rings is 3. The molecule has 1 aliphatic heterocycles. The number of carbonyl (C=O) groups is 2. The normalized spacial score (nSPS) is 13.6. The maximum absolute atomic E-state index is 13.4. The average molecular weight is 462 g/mol.